The van der Waals surface area contributed by atoms with Crippen molar-refractivity contribution >= 4 is 21.9 Å². The van der Waals surface area contributed by atoms with Crippen LogP contribution in [0.25, 0.3) is 0 Å². The predicted molar refractivity (Wildman–Crippen MR) is 83.5 cm³/mol. The van der Waals surface area contributed by atoms with Crippen LogP contribution < -0.4 is 5.32 Å². The van der Waals surface area contributed by atoms with E-state index in [4.69, 9.17) is 5.11 Å². The third-order valence-electron chi connectivity index (χ3n) is 3.88. The molecule has 138 valence electrons. The number of carbonyl (C=O) groups excluding carboxylic acids is 1. The molecule has 0 aromatic heterocycles. The van der Waals surface area contributed by atoms with Crippen LogP contribution in [0.2, 0.25) is 0 Å². The summed E-state index contributed by atoms with van der Waals surface area (Å²) in [5.41, 5.74) is 0. The maximum atomic E-state index is 12.7. The Kier molecular flexibility index (Phi) is 6.07. The van der Waals surface area contributed by atoms with Gasteiger partial charge in [-0.2, -0.15) is 4.31 Å². The van der Waals surface area contributed by atoms with Gasteiger partial charge in [-0.05, 0) is 25.0 Å². The van der Waals surface area contributed by atoms with Gasteiger partial charge in [0.1, 0.15) is 12.1 Å². The molecule has 2 N–H and O–H groups in total. The molecule has 25 heavy (non-hydrogen) atoms. The number of carboxylic acid groups (broad SMARTS) is 1. The molecule has 0 aliphatic carbocycles. The molecule has 2 atom stereocenters. The number of sulfonamides is 1. The van der Waals surface area contributed by atoms with Crippen LogP contribution in [0.1, 0.15) is 19.3 Å². The zero-order valence-corrected chi connectivity index (χ0v) is 14.0. The van der Waals surface area contributed by atoms with E-state index in [1.165, 1.54) is 12.1 Å². The Labute approximate surface area is 143 Å². The van der Waals surface area contributed by atoms with Crippen LogP contribution in [0.3, 0.4) is 0 Å². The number of alkyl halides is 2. The lowest BCUT2D eigenvalue weighted by molar-refractivity contribution is -0.143. The predicted octanol–water partition coefficient (Wildman–Crippen LogP) is 1.06. The lowest BCUT2D eigenvalue weighted by atomic mass is 10.1. The molecule has 1 aliphatic rings. The normalized spacial score (nSPS) is 19.7. The quantitative estimate of drug-likeness (QED) is 0.741. The van der Waals surface area contributed by atoms with Crippen molar-refractivity contribution < 1.29 is 31.9 Å². The second-order valence-electron chi connectivity index (χ2n) is 5.61. The highest BCUT2D eigenvalue weighted by atomic mass is 32.2. The molecule has 10 heteroatoms. The van der Waals surface area contributed by atoms with E-state index >= 15 is 0 Å². The molecule has 1 aromatic carbocycles. The fourth-order valence-corrected chi connectivity index (χ4v) is 4.36. The smallest absolute Gasteiger partial charge is 0.326 e. The van der Waals surface area contributed by atoms with Crippen molar-refractivity contribution in [2.45, 2.75) is 42.7 Å². The highest BCUT2D eigenvalue weighted by Crippen LogP contribution is 2.26. The van der Waals surface area contributed by atoms with Gasteiger partial charge in [-0.1, -0.05) is 18.2 Å². The topological polar surface area (TPSA) is 104 Å². The number of benzene rings is 1. The standard InChI is InChI=1S/C15H18F2N2O5S/c16-13(17)9-11(15(21)22)18-14(20)12-7-4-8-19(12)25(23,24)10-5-2-1-3-6-10/h1-3,5-6,11-13H,4,7-9H2,(H,18,20)(H,21,22). The fraction of sp³-hybridized carbons (Fsp3) is 0.467. The van der Waals surface area contributed by atoms with Crippen LogP contribution in [0.5, 0.6) is 0 Å². The Balaban J connectivity index is 2.18. The first-order chi connectivity index (χ1) is 11.7. The molecule has 1 aromatic rings. The number of hydrogen-bond acceptors (Lipinski definition) is 4. The van der Waals surface area contributed by atoms with Gasteiger partial charge in [-0.3, -0.25) is 4.79 Å². The van der Waals surface area contributed by atoms with Crippen LogP contribution in [0.15, 0.2) is 35.2 Å². The van der Waals surface area contributed by atoms with Gasteiger partial charge >= 0.3 is 5.97 Å². The first kappa shape index (κ1) is 19.3. The molecule has 1 amide bonds. The summed E-state index contributed by atoms with van der Waals surface area (Å²) in [4.78, 5) is 23.3. The van der Waals surface area contributed by atoms with Gasteiger partial charge in [-0.25, -0.2) is 22.0 Å². The van der Waals surface area contributed by atoms with Gasteiger partial charge in [-0.15, -0.1) is 0 Å². The highest BCUT2D eigenvalue weighted by molar-refractivity contribution is 7.89. The summed E-state index contributed by atoms with van der Waals surface area (Å²) in [5, 5.41) is 11.0. The number of rotatable bonds is 7. The van der Waals surface area contributed by atoms with E-state index < -0.39 is 46.8 Å². The SMILES string of the molecule is O=C(O)C(CC(F)F)NC(=O)C1CCCN1S(=O)(=O)c1ccccc1. The summed E-state index contributed by atoms with van der Waals surface area (Å²) in [5.74, 6) is -2.48. The molecule has 1 aliphatic heterocycles. The molecule has 0 saturated carbocycles. The second kappa shape index (κ2) is 7.87. The largest absolute Gasteiger partial charge is 0.480 e. The molecule has 0 spiro atoms. The van der Waals surface area contributed by atoms with Gasteiger partial charge in [0, 0.05) is 13.0 Å². The van der Waals surface area contributed by atoms with Crippen LogP contribution in [0, 0.1) is 0 Å². The number of amides is 1. The summed E-state index contributed by atoms with van der Waals surface area (Å²) in [6.07, 6.45) is -3.34. The third-order valence-corrected chi connectivity index (χ3v) is 5.81. The summed E-state index contributed by atoms with van der Waals surface area (Å²) in [7, 11) is -3.94. The van der Waals surface area contributed by atoms with Gasteiger partial charge in [0.05, 0.1) is 4.90 Å². The first-order valence-corrected chi connectivity index (χ1v) is 9.05. The Bertz CT molecular complexity index is 727. The van der Waals surface area contributed by atoms with E-state index in [0.29, 0.717) is 6.42 Å². The van der Waals surface area contributed by atoms with Crippen molar-refractivity contribution in [2.24, 2.45) is 0 Å². The third kappa shape index (κ3) is 4.51. The van der Waals surface area contributed by atoms with E-state index in [-0.39, 0.29) is 17.9 Å². The molecule has 0 radical (unpaired) electrons. The van der Waals surface area contributed by atoms with Crippen molar-refractivity contribution in [3.63, 3.8) is 0 Å². The Morgan fingerprint density at radius 2 is 1.92 bits per heavy atom. The minimum atomic E-state index is -3.94. The zero-order chi connectivity index (χ0) is 18.6. The van der Waals surface area contributed by atoms with E-state index in [0.717, 1.165) is 4.31 Å². The summed E-state index contributed by atoms with van der Waals surface area (Å²) < 4.78 is 51.2. The number of nitrogens with zero attached hydrogens (tertiary/aromatic N) is 1. The number of halogens is 2. The molecule has 0 bridgehead atoms. The van der Waals surface area contributed by atoms with E-state index in [1.54, 1.807) is 18.2 Å². The zero-order valence-electron chi connectivity index (χ0n) is 13.1. The Morgan fingerprint density at radius 3 is 2.48 bits per heavy atom. The summed E-state index contributed by atoms with van der Waals surface area (Å²) >= 11 is 0. The summed E-state index contributed by atoms with van der Waals surface area (Å²) in [6, 6.07) is 4.62. The number of carboxylic acids is 1. The monoisotopic (exact) mass is 376 g/mol. The van der Waals surface area contributed by atoms with E-state index in [9.17, 15) is 26.8 Å². The first-order valence-electron chi connectivity index (χ1n) is 7.61. The number of hydrogen-bond donors (Lipinski definition) is 2. The van der Waals surface area contributed by atoms with Crippen molar-refractivity contribution in [2.75, 3.05) is 6.54 Å². The van der Waals surface area contributed by atoms with Crippen molar-refractivity contribution in [1.29, 1.82) is 0 Å². The second-order valence-corrected chi connectivity index (χ2v) is 7.50. The van der Waals surface area contributed by atoms with Crippen molar-refractivity contribution in [3.05, 3.63) is 30.3 Å². The molecule has 2 rings (SSSR count). The lowest BCUT2D eigenvalue weighted by Gasteiger charge is -2.25. The molecule has 2 unspecified atom stereocenters. The minimum Gasteiger partial charge on any atom is -0.480 e. The molecular formula is C15H18F2N2O5S. The fourth-order valence-electron chi connectivity index (χ4n) is 2.69. The lowest BCUT2D eigenvalue weighted by Crippen LogP contribution is -2.51. The van der Waals surface area contributed by atoms with Crippen LogP contribution in [0.4, 0.5) is 8.78 Å². The van der Waals surface area contributed by atoms with Crippen molar-refractivity contribution in [3.8, 4) is 0 Å². The Morgan fingerprint density at radius 1 is 1.28 bits per heavy atom. The molecule has 7 nitrogen and oxygen atoms in total. The van der Waals surface area contributed by atoms with E-state index in [2.05, 4.69) is 0 Å². The van der Waals surface area contributed by atoms with Gasteiger partial charge in [0.15, 0.2) is 0 Å². The summed E-state index contributed by atoms with van der Waals surface area (Å²) in [6.45, 7) is 0.0991. The maximum Gasteiger partial charge on any atom is 0.326 e. The van der Waals surface area contributed by atoms with Crippen LogP contribution in [-0.4, -0.2) is 54.8 Å². The molecule has 1 heterocycles. The number of aliphatic carboxylic acids is 1. The van der Waals surface area contributed by atoms with Crippen LogP contribution >= 0.6 is 0 Å². The molecule has 1 fully saturated rings. The van der Waals surface area contributed by atoms with Crippen LogP contribution in [-0.2, 0) is 19.6 Å². The van der Waals surface area contributed by atoms with E-state index in [1.807, 2.05) is 5.32 Å². The van der Waals surface area contributed by atoms with Crippen molar-refractivity contribution in [1.82, 2.24) is 9.62 Å². The van der Waals surface area contributed by atoms with Gasteiger partial charge in [0.2, 0.25) is 22.4 Å². The molecular weight excluding hydrogens is 358 g/mol. The molecule has 1 saturated heterocycles. The average Bonchev–Trinajstić information content (AvgIpc) is 3.05. The number of nitrogens with one attached hydrogen (secondary N) is 1. The maximum absolute atomic E-state index is 12.7. The highest BCUT2D eigenvalue weighted by Gasteiger charge is 2.40. The van der Waals surface area contributed by atoms with Gasteiger partial charge in [0.25, 0.3) is 0 Å². The number of carbonyl (C=O) groups is 2. The van der Waals surface area contributed by atoms with Gasteiger partial charge < -0.3 is 10.4 Å². The average molecular weight is 376 g/mol. The minimum absolute atomic E-state index is 0.0112. The Hall–Kier alpha value is -2.07.